The summed E-state index contributed by atoms with van der Waals surface area (Å²) in [5.41, 5.74) is 0. The van der Waals surface area contributed by atoms with E-state index >= 15 is 0 Å². The number of esters is 1. The van der Waals surface area contributed by atoms with Crippen molar-refractivity contribution in [3.63, 3.8) is 0 Å². The minimum atomic E-state index is -1.85. The van der Waals surface area contributed by atoms with Gasteiger partial charge in [0.25, 0.3) is 0 Å². The van der Waals surface area contributed by atoms with Gasteiger partial charge in [-0.2, -0.15) is 0 Å². The predicted octanol–water partition coefficient (Wildman–Crippen LogP) is 0.418. The van der Waals surface area contributed by atoms with Crippen molar-refractivity contribution in [3.8, 4) is 0 Å². The monoisotopic (exact) mass is 160 g/mol. The Kier molecular flexibility index (Phi) is 3.78. The lowest BCUT2D eigenvalue weighted by atomic mass is 10.6. The van der Waals surface area contributed by atoms with Gasteiger partial charge in [-0.05, 0) is 6.92 Å². The van der Waals surface area contributed by atoms with E-state index in [1.165, 1.54) is 6.92 Å². The van der Waals surface area contributed by atoms with E-state index in [9.17, 15) is 4.79 Å². The molecule has 1 N–H and O–H groups in total. The van der Waals surface area contributed by atoms with Crippen molar-refractivity contribution in [1.29, 1.82) is 0 Å². The minimum absolute atomic E-state index is 0.261. The highest BCUT2D eigenvalue weighted by Crippen LogP contribution is 2.07. The molecule has 0 heterocycles. The Hall–Kier alpha value is -0.870. The molecular weight excluding hydrogens is 148 g/mol. The Bertz CT molecular complexity index is 151. The van der Waals surface area contributed by atoms with Crippen LogP contribution >= 0.6 is 0 Å². The van der Waals surface area contributed by atoms with Crippen molar-refractivity contribution in [1.82, 2.24) is 0 Å². The first-order chi connectivity index (χ1) is 5.02. The Labute approximate surface area is 65.4 Å². The fraction of sp³-hybridized carbons (Fsp3) is 0.571. The molecule has 1 unspecified atom stereocenters. The molecule has 0 aromatic heterocycles. The molecule has 0 aliphatic rings. The maximum Gasteiger partial charge on any atom is 0.334 e. The van der Waals surface area contributed by atoms with Crippen LogP contribution in [-0.4, -0.2) is 23.7 Å². The fourth-order valence-corrected chi connectivity index (χ4v) is 0.526. The smallest absolute Gasteiger partial charge is 0.334 e. The highest BCUT2D eigenvalue weighted by molar-refractivity contribution is 5.81. The van der Waals surface area contributed by atoms with Gasteiger partial charge in [-0.15, -0.1) is 0 Å². The molecule has 0 amide bonds. The van der Waals surface area contributed by atoms with Crippen LogP contribution in [0.15, 0.2) is 12.7 Å². The maximum atomic E-state index is 10.5. The minimum Gasteiger partial charge on any atom is -0.405 e. The number of hydrogen-bond acceptors (Lipinski definition) is 4. The summed E-state index contributed by atoms with van der Waals surface area (Å²) in [4.78, 5) is 10.5. The fourth-order valence-electron chi connectivity index (χ4n) is 0.526. The van der Waals surface area contributed by atoms with Crippen LogP contribution in [0.3, 0.4) is 0 Å². The highest BCUT2D eigenvalue weighted by atomic mass is 16.8. The molecule has 0 radical (unpaired) electrons. The van der Waals surface area contributed by atoms with Gasteiger partial charge in [0.15, 0.2) is 0 Å². The van der Waals surface area contributed by atoms with Crippen LogP contribution in [-0.2, 0) is 14.3 Å². The lowest BCUT2D eigenvalue weighted by Gasteiger charge is -2.21. The van der Waals surface area contributed by atoms with Crippen molar-refractivity contribution < 1.29 is 19.4 Å². The average Bonchev–Trinajstić information content (AvgIpc) is 1.86. The SMILES string of the molecule is C=CC(=O)OC(C)(O)OCC. The predicted molar refractivity (Wildman–Crippen MR) is 38.5 cm³/mol. The molecule has 1 atom stereocenters. The lowest BCUT2D eigenvalue weighted by molar-refractivity contribution is -0.327. The zero-order valence-electron chi connectivity index (χ0n) is 6.66. The Morgan fingerprint density at radius 2 is 2.36 bits per heavy atom. The third kappa shape index (κ3) is 4.52. The molecule has 4 nitrogen and oxygen atoms in total. The molecule has 0 aromatic carbocycles. The lowest BCUT2D eigenvalue weighted by Crippen LogP contribution is -2.33. The molecule has 0 aliphatic carbocycles. The van der Waals surface area contributed by atoms with Crippen LogP contribution in [0.25, 0.3) is 0 Å². The second-order valence-electron chi connectivity index (χ2n) is 1.96. The summed E-state index contributed by atoms with van der Waals surface area (Å²) < 4.78 is 9.07. The van der Waals surface area contributed by atoms with E-state index in [1.807, 2.05) is 0 Å². The van der Waals surface area contributed by atoms with Crippen molar-refractivity contribution in [2.24, 2.45) is 0 Å². The Morgan fingerprint density at radius 3 is 2.73 bits per heavy atom. The van der Waals surface area contributed by atoms with Gasteiger partial charge in [0.1, 0.15) is 0 Å². The standard InChI is InChI=1S/C7H12O4/c1-4-6(8)11-7(3,9)10-5-2/h4,9H,1,5H2,2-3H3. The summed E-state index contributed by atoms with van der Waals surface area (Å²) in [6.07, 6.45) is 0.952. The normalized spacial score (nSPS) is 15.2. The summed E-state index contributed by atoms with van der Waals surface area (Å²) >= 11 is 0. The quantitative estimate of drug-likeness (QED) is 0.368. The first-order valence-electron chi connectivity index (χ1n) is 3.23. The molecule has 0 spiro atoms. The maximum absolute atomic E-state index is 10.5. The third-order valence-corrected chi connectivity index (χ3v) is 0.869. The van der Waals surface area contributed by atoms with E-state index in [0.29, 0.717) is 0 Å². The molecule has 0 rings (SSSR count). The van der Waals surface area contributed by atoms with Gasteiger partial charge in [-0.3, -0.25) is 0 Å². The van der Waals surface area contributed by atoms with Gasteiger partial charge in [0.2, 0.25) is 0 Å². The largest absolute Gasteiger partial charge is 0.405 e. The first kappa shape index (κ1) is 10.1. The van der Waals surface area contributed by atoms with E-state index < -0.39 is 11.9 Å². The van der Waals surface area contributed by atoms with Crippen molar-refractivity contribution in [2.75, 3.05) is 6.61 Å². The number of ether oxygens (including phenoxy) is 2. The summed E-state index contributed by atoms with van der Waals surface area (Å²) in [5, 5.41) is 9.10. The molecule has 0 saturated heterocycles. The van der Waals surface area contributed by atoms with Crippen LogP contribution in [0.4, 0.5) is 0 Å². The number of carbonyl (C=O) groups is 1. The molecule has 0 saturated carbocycles. The van der Waals surface area contributed by atoms with Crippen LogP contribution in [0, 0.1) is 0 Å². The molecular formula is C7H12O4. The second-order valence-corrected chi connectivity index (χ2v) is 1.96. The van der Waals surface area contributed by atoms with Crippen LogP contribution in [0.2, 0.25) is 0 Å². The molecule has 64 valence electrons. The van der Waals surface area contributed by atoms with Crippen molar-refractivity contribution in [2.45, 2.75) is 19.8 Å². The summed E-state index contributed by atoms with van der Waals surface area (Å²) in [6.45, 7) is 6.34. The van der Waals surface area contributed by atoms with Crippen LogP contribution in [0.1, 0.15) is 13.8 Å². The molecule has 11 heavy (non-hydrogen) atoms. The van der Waals surface area contributed by atoms with Crippen molar-refractivity contribution in [3.05, 3.63) is 12.7 Å². The zero-order valence-corrected chi connectivity index (χ0v) is 6.66. The molecule has 0 bridgehead atoms. The molecule has 4 heteroatoms. The first-order valence-corrected chi connectivity index (χ1v) is 3.23. The number of rotatable bonds is 4. The average molecular weight is 160 g/mol. The third-order valence-electron chi connectivity index (χ3n) is 0.869. The van der Waals surface area contributed by atoms with E-state index in [-0.39, 0.29) is 6.61 Å². The van der Waals surface area contributed by atoms with Gasteiger partial charge >= 0.3 is 11.9 Å². The summed E-state index contributed by atoms with van der Waals surface area (Å²) in [5.74, 6) is -2.57. The van der Waals surface area contributed by atoms with Gasteiger partial charge in [0, 0.05) is 13.0 Å². The second kappa shape index (κ2) is 4.10. The van der Waals surface area contributed by atoms with Crippen molar-refractivity contribution >= 4 is 5.97 Å². The zero-order chi connectivity index (χ0) is 8.91. The van der Waals surface area contributed by atoms with Gasteiger partial charge in [-0.1, -0.05) is 6.58 Å². The topological polar surface area (TPSA) is 55.8 Å². The van der Waals surface area contributed by atoms with Gasteiger partial charge < -0.3 is 14.6 Å². The molecule has 0 aliphatic heterocycles. The summed E-state index contributed by atoms with van der Waals surface area (Å²) in [7, 11) is 0. The number of aliphatic hydroxyl groups is 1. The van der Waals surface area contributed by atoms with E-state index in [2.05, 4.69) is 16.1 Å². The Balaban J connectivity index is 3.89. The van der Waals surface area contributed by atoms with E-state index in [0.717, 1.165) is 6.08 Å². The van der Waals surface area contributed by atoms with Gasteiger partial charge in [-0.25, -0.2) is 4.79 Å². The number of hydrogen-bond donors (Lipinski definition) is 1. The van der Waals surface area contributed by atoms with Crippen LogP contribution < -0.4 is 0 Å². The number of carbonyl (C=O) groups excluding carboxylic acids is 1. The highest BCUT2D eigenvalue weighted by Gasteiger charge is 2.24. The molecule has 0 aromatic rings. The van der Waals surface area contributed by atoms with Crippen LogP contribution in [0.5, 0.6) is 0 Å². The van der Waals surface area contributed by atoms with E-state index in [4.69, 9.17) is 5.11 Å². The summed E-state index contributed by atoms with van der Waals surface area (Å²) in [6, 6.07) is 0. The Morgan fingerprint density at radius 1 is 1.82 bits per heavy atom. The van der Waals surface area contributed by atoms with Gasteiger partial charge in [0.05, 0.1) is 6.61 Å². The van der Waals surface area contributed by atoms with E-state index in [1.54, 1.807) is 6.92 Å². The molecule has 0 fully saturated rings.